The lowest BCUT2D eigenvalue weighted by molar-refractivity contribution is 0.432. The van der Waals surface area contributed by atoms with Gasteiger partial charge in [-0.3, -0.25) is 0 Å². The van der Waals surface area contributed by atoms with E-state index >= 15 is 0 Å². The lowest BCUT2D eigenvalue weighted by Gasteiger charge is -2.14. The van der Waals surface area contributed by atoms with Gasteiger partial charge >= 0.3 is 0 Å². The van der Waals surface area contributed by atoms with E-state index in [4.69, 9.17) is 4.74 Å². The number of benzene rings is 2. The standard InChI is InChI=1S/C16H16BrF2NO/c1-10(2)20-9-11-7-13(18)4-6-15(11)21-16-8-12(17)3-5-14(16)19/h3-8,10,20H,9H2,1-2H3. The Balaban J connectivity index is 2.28. The number of ether oxygens (including phenoxy) is 1. The maximum atomic E-state index is 13.7. The largest absolute Gasteiger partial charge is 0.454 e. The Morgan fingerprint density at radius 1 is 1.10 bits per heavy atom. The number of hydrogen-bond acceptors (Lipinski definition) is 2. The zero-order chi connectivity index (χ0) is 15.4. The molecular formula is C16H16BrF2NO. The van der Waals surface area contributed by atoms with Gasteiger partial charge in [0.25, 0.3) is 0 Å². The highest BCUT2D eigenvalue weighted by Crippen LogP contribution is 2.30. The van der Waals surface area contributed by atoms with E-state index < -0.39 is 5.82 Å². The molecule has 2 rings (SSSR count). The topological polar surface area (TPSA) is 21.3 Å². The molecule has 0 aliphatic rings. The van der Waals surface area contributed by atoms with Crippen LogP contribution in [0.3, 0.4) is 0 Å². The van der Waals surface area contributed by atoms with Crippen molar-refractivity contribution in [3.05, 3.63) is 58.1 Å². The van der Waals surface area contributed by atoms with Crippen LogP contribution in [0.4, 0.5) is 8.78 Å². The highest BCUT2D eigenvalue weighted by Gasteiger charge is 2.11. The first-order valence-corrected chi connectivity index (χ1v) is 7.39. The predicted molar refractivity (Wildman–Crippen MR) is 82.5 cm³/mol. The van der Waals surface area contributed by atoms with Gasteiger partial charge in [-0.05, 0) is 36.4 Å². The lowest BCUT2D eigenvalue weighted by Crippen LogP contribution is -2.22. The first kappa shape index (κ1) is 15.9. The van der Waals surface area contributed by atoms with E-state index in [0.717, 1.165) is 0 Å². The molecule has 0 spiro atoms. The van der Waals surface area contributed by atoms with Crippen LogP contribution in [-0.4, -0.2) is 6.04 Å². The fourth-order valence-corrected chi connectivity index (χ4v) is 2.11. The van der Waals surface area contributed by atoms with Crippen molar-refractivity contribution in [2.75, 3.05) is 0 Å². The number of hydrogen-bond donors (Lipinski definition) is 1. The van der Waals surface area contributed by atoms with E-state index in [-0.39, 0.29) is 17.6 Å². The van der Waals surface area contributed by atoms with Gasteiger partial charge in [-0.15, -0.1) is 0 Å². The quantitative estimate of drug-likeness (QED) is 0.813. The SMILES string of the molecule is CC(C)NCc1cc(F)ccc1Oc1cc(Br)ccc1F. The monoisotopic (exact) mass is 355 g/mol. The highest BCUT2D eigenvalue weighted by atomic mass is 79.9. The molecule has 0 atom stereocenters. The van der Waals surface area contributed by atoms with Gasteiger partial charge in [-0.25, -0.2) is 8.78 Å². The molecule has 2 nitrogen and oxygen atoms in total. The Hall–Kier alpha value is -1.46. The molecule has 0 aliphatic carbocycles. The Bertz CT molecular complexity index is 632. The van der Waals surface area contributed by atoms with Gasteiger partial charge in [0.15, 0.2) is 11.6 Å². The summed E-state index contributed by atoms with van der Waals surface area (Å²) in [6.07, 6.45) is 0. The van der Waals surface area contributed by atoms with E-state index in [0.29, 0.717) is 22.3 Å². The normalized spacial score (nSPS) is 11.0. The fourth-order valence-electron chi connectivity index (χ4n) is 1.77. The summed E-state index contributed by atoms with van der Waals surface area (Å²) in [6, 6.07) is 8.89. The molecule has 112 valence electrons. The minimum Gasteiger partial charge on any atom is -0.454 e. The summed E-state index contributed by atoms with van der Waals surface area (Å²) in [5, 5.41) is 3.19. The third-order valence-corrected chi connectivity index (χ3v) is 3.33. The van der Waals surface area contributed by atoms with E-state index in [2.05, 4.69) is 21.2 Å². The second-order valence-corrected chi connectivity index (χ2v) is 5.88. The van der Waals surface area contributed by atoms with Gasteiger partial charge in [0.2, 0.25) is 0 Å². The van der Waals surface area contributed by atoms with Gasteiger partial charge in [0.1, 0.15) is 11.6 Å². The second kappa shape index (κ2) is 7.00. The summed E-state index contributed by atoms with van der Waals surface area (Å²) in [5.41, 5.74) is 0.642. The van der Waals surface area contributed by atoms with Crippen molar-refractivity contribution in [1.29, 1.82) is 0 Å². The smallest absolute Gasteiger partial charge is 0.165 e. The van der Waals surface area contributed by atoms with Crippen molar-refractivity contribution in [2.24, 2.45) is 0 Å². The van der Waals surface area contributed by atoms with Crippen LogP contribution in [-0.2, 0) is 6.54 Å². The minimum absolute atomic E-state index is 0.0989. The molecule has 0 saturated heterocycles. The van der Waals surface area contributed by atoms with Gasteiger partial charge in [0.05, 0.1) is 0 Å². The molecule has 0 bridgehead atoms. The van der Waals surface area contributed by atoms with Gasteiger partial charge < -0.3 is 10.1 Å². The molecule has 2 aromatic rings. The molecule has 0 radical (unpaired) electrons. The van der Waals surface area contributed by atoms with Crippen molar-refractivity contribution in [3.63, 3.8) is 0 Å². The molecule has 5 heteroatoms. The molecule has 0 aliphatic heterocycles. The Kier molecular flexibility index (Phi) is 5.31. The Morgan fingerprint density at radius 2 is 1.86 bits per heavy atom. The molecule has 2 aromatic carbocycles. The van der Waals surface area contributed by atoms with E-state index in [1.165, 1.54) is 24.3 Å². The Labute approximate surface area is 131 Å². The summed E-state index contributed by atoms with van der Waals surface area (Å²) in [7, 11) is 0. The number of halogens is 3. The molecule has 0 saturated carbocycles. The van der Waals surface area contributed by atoms with Gasteiger partial charge in [-0.2, -0.15) is 0 Å². The summed E-state index contributed by atoms with van der Waals surface area (Å²) in [4.78, 5) is 0. The first-order chi connectivity index (χ1) is 9.95. The molecule has 0 fully saturated rings. The van der Waals surface area contributed by atoms with Crippen molar-refractivity contribution in [1.82, 2.24) is 5.32 Å². The average Bonchev–Trinajstić information content (AvgIpc) is 2.43. The Morgan fingerprint density at radius 3 is 2.57 bits per heavy atom. The molecular weight excluding hydrogens is 340 g/mol. The molecule has 0 amide bonds. The summed E-state index contributed by atoms with van der Waals surface area (Å²) in [6.45, 7) is 4.43. The molecule has 0 unspecified atom stereocenters. The second-order valence-electron chi connectivity index (χ2n) is 4.96. The highest BCUT2D eigenvalue weighted by molar-refractivity contribution is 9.10. The summed E-state index contributed by atoms with van der Waals surface area (Å²) >= 11 is 3.27. The third kappa shape index (κ3) is 4.51. The van der Waals surface area contributed by atoms with Crippen molar-refractivity contribution in [3.8, 4) is 11.5 Å². The van der Waals surface area contributed by atoms with E-state index in [1.54, 1.807) is 12.1 Å². The van der Waals surface area contributed by atoms with E-state index in [1.807, 2.05) is 13.8 Å². The minimum atomic E-state index is -0.467. The van der Waals surface area contributed by atoms with Crippen LogP contribution in [0.5, 0.6) is 11.5 Å². The van der Waals surface area contributed by atoms with Crippen molar-refractivity contribution in [2.45, 2.75) is 26.4 Å². The van der Waals surface area contributed by atoms with Crippen LogP contribution in [0.1, 0.15) is 19.4 Å². The van der Waals surface area contributed by atoms with Crippen LogP contribution in [0.2, 0.25) is 0 Å². The van der Waals surface area contributed by atoms with Crippen LogP contribution in [0.15, 0.2) is 40.9 Å². The molecule has 1 N–H and O–H groups in total. The fraction of sp³-hybridized carbons (Fsp3) is 0.250. The van der Waals surface area contributed by atoms with E-state index in [9.17, 15) is 8.78 Å². The van der Waals surface area contributed by atoms with Crippen LogP contribution in [0.25, 0.3) is 0 Å². The zero-order valence-corrected chi connectivity index (χ0v) is 13.4. The zero-order valence-electron chi connectivity index (χ0n) is 11.8. The summed E-state index contributed by atoms with van der Waals surface area (Å²) < 4.78 is 33.4. The van der Waals surface area contributed by atoms with Crippen LogP contribution in [0, 0.1) is 11.6 Å². The molecule has 0 aromatic heterocycles. The van der Waals surface area contributed by atoms with Crippen molar-refractivity contribution >= 4 is 15.9 Å². The number of nitrogens with one attached hydrogen (secondary N) is 1. The van der Waals surface area contributed by atoms with Gasteiger partial charge in [-0.1, -0.05) is 29.8 Å². The summed E-state index contributed by atoms with van der Waals surface area (Å²) in [5.74, 6) is -0.286. The van der Waals surface area contributed by atoms with Crippen molar-refractivity contribution < 1.29 is 13.5 Å². The first-order valence-electron chi connectivity index (χ1n) is 6.60. The number of rotatable bonds is 5. The lowest BCUT2D eigenvalue weighted by atomic mass is 10.2. The molecule has 21 heavy (non-hydrogen) atoms. The maximum absolute atomic E-state index is 13.7. The van der Waals surface area contributed by atoms with Crippen LogP contribution >= 0.6 is 15.9 Å². The average molecular weight is 356 g/mol. The third-order valence-electron chi connectivity index (χ3n) is 2.84. The predicted octanol–water partition coefficient (Wildman–Crippen LogP) is 5.02. The van der Waals surface area contributed by atoms with Crippen LogP contribution < -0.4 is 10.1 Å². The van der Waals surface area contributed by atoms with Gasteiger partial charge in [0, 0.05) is 22.6 Å². The molecule has 0 heterocycles. The maximum Gasteiger partial charge on any atom is 0.165 e.